The van der Waals surface area contributed by atoms with Crippen molar-refractivity contribution in [2.75, 3.05) is 27.9 Å². The Kier molecular flexibility index (Phi) is 6.11. The van der Waals surface area contributed by atoms with Crippen LogP contribution in [0.3, 0.4) is 0 Å². The monoisotopic (exact) mass is 270 g/mol. The Morgan fingerprint density at radius 3 is 2.11 bits per heavy atom. The normalized spacial score (nSPS) is 11.8. The summed E-state index contributed by atoms with van der Waals surface area (Å²) in [5.41, 5.74) is 0.423. The Labute approximate surface area is 112 Å². The summed E-state index contributed by atoms with van der Waals surface area (Å²) in [6.45, 7) is 1.37. The van der Waals surface area contributed by atoms with Gasteiger partial charge in [0.05, 0.1) is 20.8 Å². The van der Waals surface area contributed by atoms with Crippen LogP contribution in [-0.4, -0.2) is 40.7 Å². The summed E-state index contributed by atoms with van der Waals surface area (Å²) < 4.78 is 26.1. The van der Waals surface area contributed by atoms with Gasteiger partial charge < -0.3 is 23.7 Å². The van der Waals surface area contributed by atoms with Crippen molar-refractivity contribution in [1.29, 1.82) is 0 Å². The lowest BCUT2D eigenvalue weighted by atomic mass is 10.2. The van der Waals surface area contributed by atoms with Crippen molar-refractivity contribution in [3.05, 3.63) is 17.7 Å². The molecule has 0 aliphatic heterocycles. The fourth-order valence-corrected chi connectivity index (χ4v) is 1.47. The molecular formula is C13H18O6. The third kappa shape index (κ3) is 3.84. The largest absolute Gasteiger partial charge is 0.493 e. The molecule has 0 aromatic heterocycles. The van der Waals surface area contributed by atoms with E-state index in [1.165, 1.54) is 21.3 Å². The molecule has 0 spiro atoms. The number of hydrogen-bond acceptors (Lipinski definition) is 6. The van der Waals surface area contributed by atoms with E-state index in [4.69, 9.17) is 23.7 Å². The van der Waals surface area contributed by atoms with Crippen molar-refractivity contribution in [2.45, 2.75) is 13.4 Å². The van der Waals surface area contributed by atoms with Gasteiger partial charge >= 0.3 is 6.48 Å². The average Bonchev–Trinajstić information content (AvgIpc) is 2.46. The van der Waals surface area contributed by atoms with Crippen LogP contribution < -0.4 is 14.2 Å². The Morgan fingerprint density at radius 1 is 1.16 bits per heavy atom. The van der Waals surface area contributed by atoms with Crippen LogP contribution in [0.1, 0.15) is 17.3 Å². The van der Waals surface area contributed by atoms with Crippen LogP contribution in [0.15, 0.2) is 12.1 Å². The van der Waals surface area contributed by atoms with Crippen LogP contribution in [-0.2, 0) is 9.47 Å². The first-order chi connectivity index (χ1) is 9.19. The minimum Gasteiger partial charge on any atom is -0.493 e. The molecule has 1 rings (SSSR count). The van der Waals surface area contributed by atoms with E-state index in [2.05, 4.69) is 0 Å². The minimum atomic E-state index is -0.880. The van der Waals surface area contributed by atoms with Crippen LogP contribution >= 0.6 is 0 Å². The van der Waals surface area contributed by atoms with Gasteiger partial charge in [-0.25, -0.2) is 0 Å². The van der Waals surface area contributed by atoms with Gasteiger partial charge in [-0.05, 0) is 19.1 Å². The first-order valence-electron chi connectivity index (χ1n) is 5.72. The highest BCUT2D eigenvalue weighted by Crippen LogP contribution is 2.39. The number of rotatable bonds is 8. The lowest BCUT2D eigenvalue weighted by Gasteiger charge is -2.20. The molecule has 1 aromatic carbocycles. The third-order valence-electron chi connectivity index (χ3n) is 2.33. The zero-order chi connectivity index (χ0) is 14.3. The highest BCUT2D eigenvalue weighted by molar-refractivity contribution is 5.78. The molecule has 0 aliphatic rings. The van der Waals surface area contributed by atoms with Crippen molar-refractivity contribution < 1.29 is 28.5 Å². The van der Waals surface area contributed by atoms with E-state index in [0.29, 0.717) is 35.7 Å². The smallest absolute Gasteiger partial charge is 0.315 e. The Bertz CT molecular complexity index is 393. The van der Waals surface area contributed by atoms with E-state index in [9.17, 15) is 4.79 Å². The quantitative estimate of drug-likeness (QED) is 0.530. The topological polar surface area (TPSA) is 63.2 Å². The highest BCUT2D eigenvalue weighted by atomic mass is 16.8. The van der Waals surface area contributed by atoms with Crippen molar-refractivity contribution in [2.24, 2.45) is 0 Å². The molecule has 6 nitrogen and oxygen atoms in total. The summed E-state index contributed by atoms with van der Waals surface area (Å²) in [6.07, 6.45) is 0.700. The van der Waals surface area contributed by atoms with Gasteiger partial charge in [-0.1, -0.05) is 0 Å². The maximum atomic E-state index is 10.8. The molecule has 0 aliphatic carbocycles. The van der Waals surface area contributed by atoms with Crippen molar-refractivity contribution in [1.82, 2.24) is 0 Å². The van der Waals surface area contributed by atoms with Gasteiger partial charge in [0.15, 0.2) is 11.5 Å². The van der Waals surface area contributed by atoms with Gasteiger partial charge in [-0.3, -0.25) is 4.79 Å². The Hall–Kier alpha value is -1.79. The lowest BCUT2D eigenvalue weighted by Crippen LogP contribution is -2.23. The second-order valence-corrected chi connectivity index (χ2v) is 3.47. The fourth-order valence-electron chi connectivity index (χ4n) is 1.47. The first-order valence-corrected chi connectivity index (χ1v) is 5.72. The van der Waals surface area contributed by atoms with E-state index in [0.717, 1.165) is 0 Å². The van der Waals surface area contributed by atoms with E-state index >= 15 is 0 Å². The minimum absolute atomic E-state index is 0.316. The second-order valence-electron chi connectivity index (χ2n) is 3.47. The molecule has 0 amide bonds. The zero-order valence-electron chi connectivity index (χ0n) is 11.5. The number of aldehydes is 1. The molecule has 0 saturated heterocycles. The standard InChI is InChI=1S/C13H18O6/c1-5-18-13(17-4)19-12-10(15-2)6-9(8-14)7-11(12)16-3/h6-8,13H,5H2,1-4H3/t13-/m0/s1. The van der Waals surface area contributed by atoms with Gasteiger partial charge in [-0.15, -0.1) is 0 Å². The van der Waals surface area contributed by atoms with Crippen molar-refractivity contribution >= 4 is 6.29 Å². The maximum absolute atomic E-state index is 10.8. The van der Waals surface area contributed by atoms with Gasteiger partial charge in [0.1, 0.15) is 6.29 Å². The number of methoxy groups -OCH3 is 3. The second kappa shape index (κ2) is 7.60. The lowest BCUT2D eigenvalue weighted by molar-refractivity contribution is -0.231. The van der Waals surface area contributed by atoms with Crippen LogP contribution in [0.4, 0.5) is 0 Å². The number of hydrogen-bond donors (Lipinski definition) is 0. The predicted molar refractivity (Wildman–Crippen MR) is 68.0 cm³/mol. The SMILES string of the molecule is CCO[C@H](OC)Oc1c(OC)cc(C=O)cc1OC. The number of carbonyl (C=O) groups excluding carboxylic acids is 1. The molecule has 106 valence electrons. The number of benzene rings is 1. The van der Waals surface area contributed by atoms with Crippen LogP contribution in [0, 0.1) is 0 Å². The van der Waals surface area contributed by atoms with Crippen LogP contribution in [0.25, 0.3) is 0 Å². The van der Waals surface area contributed by atoms with E-state index in [-0.39, 0.29) is 0 Å². The average molecular weight is 270 g/mol. The van der Waals surface area contributed by atoms with Gasteiger partial charge in [-0.2, -0.15) is 0 Å². The Balaban J connectivity index is 3.12. The molecule has 0 saturated carbocycles. The van der Waals surface area contributed by atoms with Gasteiger partial charge in [0, 0.05) is 12.7 Å². The molecule has 6 heteroatoms. The molecule has 0 unspecified atom stereocenters. The van der Waals surface area contributed by atoms with E-state index in [1.54, 1.807) is 12.1 Å². The molecule has 1 aromatic rings. The zero-order valence-corrected chi connectivity index (χ0v) is 11.5. The summed E-state index contributed by atoms with van der Waals surface area (Å²) >= 11 is 0. The molecular weight excluding hydrogens is 252 g/mol. The van der Waals surface area contributed by atoms with Crippen molar-refractivity contribution in [3.8, 4) is 17.2 Å². The van der Waals surface area contributed by atoms with Crippen LogP contribution in [0.2, 0.25) is 0 Å². The third-order valence-corrected chi connectivity index (χ3v) is 2.33. The summed E-state index contributed by atoms with van der Waals surface area (Å²) in [7, 11) is 4.40. The van der Waals surface area contributed by atoms with Gasteiger partial charge in [0.2, 0.25) is 5.75 Å². The van der Waals surface area contributed by atoms with Crippen molar-refractivity contribution in [3.63, 3.8) is 0 Å². The molecule has 1 atom stereocenters. The molecule has 0 N–H and O–H groups in total. The highest BCUT2D eigenvalue weighted by Gasteiger charge is 2.19. The number of ether oxygens (including phenoxy) is 5. The van der Waals surface area contributed by atoms with Crippen LogP contribution in [0.5, 0.6) is 17.2 Å². The first kappa shape index (κ1) is 15.3. The molecule has 0 heterocycles. The van der Waals surface area contributed by atoms with Gasteiger partial charge in [0.25, 0.3) is 0 Å². The van der Waals surface area contributed by atoms with E-state index in [1.807, 2.05) is 6.92 Å². The fraction of sp³-hybridized carbons (Fsp3) is 0.462. The maximum Gasteiger partial charge on any atom is 0.315 e. The molecule has 0 fully saturated rings. The predicted octanol–water partition coefficient (Wildman–Crippen LogP) is 1.86. The molecule has 19 heavy (non-hydrogen) atoms. The summed E-state index contributed by atoms with van der Waals surface area (Å²) in [4.78, 5) is 10.8. The Morgan fingerprint density at radius 2 is 1.74 bits per heavy atom. The summed E-state index contributed by atoms with van der Waals surface area (Å²) in [5, 5.41) is 0. The number of carbonyl (C=O) groups is 1. The summed E-state index contributed by atoms with van der Waals surface area (Å²) in [5.74, 6) is 1.04. The molecule has 0 radical (unpaired) electrons. The summed E-state index contributed by atoms with van der Waals surface area (Å²) in [6, 6.07) is 3.09. The molecule has 0 bridgehead atoms. The van der Waals surface area contributed by atoms with E-state index < -0.39 is 6.48 Å².